The highest BCUT2D eigenvalue weighted by molar-refractivity contribution is 6.42. The topological polar surface area (TPSA) is 106 Å². The smallest absolute Gasteiger partial charge is 0.128 e. The van der Waals surface area contributed by atoms with Gasteiger partial charge in [-0.05, 0) is 36.4 Å². The summed E-state index contributed by atoms with van der Waals surface area (Å²) in [4.78, 5) is 8.58. The van der Waals surface area contributed by atoms with Gasteiger partial charge >= 0.3 is 0 Å². The van der Waals surface area contributed by atoms with E-state index in [4.69, 9.17) is 23.2 Å². The number of aromatic hydroxyl groups is 4. The highest BCUT2D eigenvalue weighted by Crippen LogP contribution is 2.37. The van der Waals surface area contributed by atoms with Crippen molar-refractivity contribution < 1.29 is 20.4 Å². The fraction of sp³-hybridized carbons (Fsp3) is 0. The molecule has 0 radical (unpaired) electrons. The lowest BCUT2D eigenvalue weighted by Crippen LogP contribution is -1.84. The molecule has 0 aliphatic carbocycles. The van der Waals surface area contributed by atoms with E-state index in [2.05, 4.69) is 9.98 Å². The molecule has 4 N–H and O–H groups in total. The summed E-state index contributed by atoms with van der Waals surface area (Å²) < 4.78 is 0. The zero-order chi connectivity index (χ0) is 20.3. The van der Waals surface area contributed by atoms with Crippen molar-refractivity contribution >= 4 is 47.0 Å². The standard InChI is InChI=1S/C20H14Cl2N2O4/c21-15-7-17(23-9-11-1-3-13(25)5-19(11)27)18(8-16(15)22)24-10-12-2-4-14(26)6-20(12)28/h1-10,25-28H. The highest BCUT2D eigenvalue weighted by Gasteiger charge is 2.08. The van der Waals surface area contributed by atoms with E-state index in [1.165, 1.54) is 61.0 Å². The van der Waals surface area contributed by atoms with Gasteiger partial charge in [0.25, 0.3) is 0 Å². The average Bonchev–Trinajstić information content (AvgIpc) is 2.63. The van der Waals surface area contributed by atoms with Crippen LogP contribution in [0, 0.1) is 0 Å². The van der Waals surface area contributed by atoms with Crippen LogP contribution in [-0.4, -0.2) is 32.9 Å². The fourth-order valence-electron chi connectivity index (χ4n) is 2.29. The number of benzene rings is 3. The third-order valence-corrected chi connectivity index (χ3v) is 4.45. The molecule has 6 nitrogen and oxygen atoms in total. The van der Waals surface area contributed by atoms with Gasteiger partial charge in [-0.25, -0.2) is 0 Å². The molecule has 142 valence electrons. The van der Waals surface area contributed by atoms with Gasteiger partial charge in [-0.2, -0.15) is 0 Å². The summed E-state index contributed by atoms with van der Waals surface area (Å²) >= 11 is 12.1. The molecule has 0 bridgehead atoms. The van der Waals surface area contributed by atoms with Crippen LogP contribution >= 0.6 is 23.2 Å². The molecule has 0 spiro atoms. The Kier molecular flexibility index (Phi) is 5.73. The third kappa shape index (κ3) is 4.54. The largest absolute Gasteiger partial charge is 0.508 e. The molecule has 0 aliphatic rings. The average molecular weight is 417 g/mol. The molecule has 3 aromatic carbocycles. The Bertz CT molecular complexity index is 1010. The van der Waals surface area contributed by atoms with Crippen molar-refractivity contribution in [1.82, 2.24) is 0 Å². The lowest BCUT2D eigenvalue weighted by molar-refractivity contribution is 0.449. The minimum atomic E-state index is -0.136. The molecule has 28 heavy (non-hydrogen) atoms. The molecule has 0 atom stereocenters. The first-order chi connectivity index (χ1) is 13.3. The van der Waals surface area contributed by atoms with E-state index < -0.39 is 0 Å². The van der Waals surface area contributed by atoms with Gasteiger partial charge in [0.15, 0.2) is 0 Å². The van der Waals surface area contributed by atoms with Gasteiger partial charge in [-0.15, -0.1) is 0 Å². The maximum absolute atomic E-state index is 9.87. The molecule has 3 rings (SSSR count). The SMILES string of the molecule is Oc1ccc(C=Nc2cc(Cl)c(Cl)cc2N=Cc2ccc(O)cc2O)c(O)c1. The summed E-state index contributed by atoms with van der Waals surface area (Å²) in [7, 11) is 0. The number of halogens is 2. The van der Waals surface area contributed by atoms with Crippen molar-refractivity contribution in [3.63, 3.8) is 0 Å². The Balaban J connectivity index is 1.98. The van der Waals surface area contributed by atoms with E-state index in [-0.39, 0.29) is 33.0 Å². The Morgan fingerprint density at radius 2 is 1.00 bits per heavy atom. The summed E-state index contributed by atoms with van der Waals surface area (Å²) in [5.74, 6) is -0.405. The molecule has 0 heterocycles. The van der Waals surface area contributed by atoms with Crippen LogP contribution in [0.2, 0.25) is 10.0 Å². The van der Waals surface area contributed by atoms with Crippen molar-refractivity contribution in [2.24, 2.45) is 9.98 Å². The van der Waals surface area contributed by atoms with Gasteiger partial charge in [0.1, 0.15) is 23.0 Å². The van der Waals surface area contributed by atoms with Crippen LogP contribution in [-0.2, 0) is 0 Å². The van der Waals surface area contributed by atoms with Gasteiger partial charge in [-0.1, -0.05) is 23.2 Å². The minimum absolute atomic E-state index is 0.0665. The van der Waals surface area contributed by atoms with Gasteiger partial charge in [0.2, 0.25) is 0 Å². The van der Waals surface area contributed by atoms with Crippen LogP contribution in [0.25, 0.3) is 0 Å². The number of aliphatic imine (C=N–C) groups is 2. The van der Waals surface area contributed by atoms with Gasteiger partial charge in [0, 0.05) is 35.7 Å². The maximum Gasteiger partial charge on any atom is 0.128 e. The summed E-state index contributed by atoms with van der Waals surface area (Å²) in [6, 6.07) is 11.3. The number of hydrogen-bond acceptors (Lipinski definition) is 6. The monoisotopic (exact) mass is 416 g/mol. The van der Waals surface area contributed by atoms with E-state index in [9.17, 15) is 20.4 Å². The number of hydrogen-bond donors (Lipinski definition) is 4. The fourth-order valence-corrected chi connectivity index (χ4v) is 2.61. The van der Waals surface area contributed by atoms with Crippen molar-refractivity contribution in [2.45, 2.75) is 0 Å². The lowest BCUT2D eigenvalue weighted by Gasteiger charge is -2.05. The maximum atomic E-state index is 9.87. The number of phenolic OH excluding ortho intramolecular Hbond substituents is 4. The zero-order valence-electron chi connectivity index (χ0n) is 14.2. The molecule has 0 amide bonds. The Morgan fingerprint density at radius 3 is 1.36 bits per heavy atom. The van der Waals surface area contributed by atoms with E-state index in [1.807, 2.05) is 0 Å². The molecule has 0 saturated carbocycles. The zero-order valence-corrected chi connectivity index (χ0v) is 15.7. The Hall–Kier alpha value is -3.22. The first kappa shape index (κ1) is 19.5. The second-order valence-electron chi connectivity index (χ2n) is 5.76. The van der Waals surface area contributed by atoms with Crippen molar-refractivity contribution in [3.8, 4) is 23.0 Å². The predicted octanol–water partition coefficient (Wildman–Crippen LogP) is 5.32. The van der Waals surface area contributed by atoms with E-state index in [0.29, 0.717) is 22.5 Å². The quantitative estimate of drug-likeness (QED) is 0.432. The van der Waals surface area contributed by atoms with Crippen LogP contribution in [0.5, 0.6) is 23.0 Å². The van der Waals surface area contributed by atoms with E-state index >= 15 is 0 Å². The summed E-state index contributed by atoms with van der Waals surface area (Å²) in [5.41, 5.74) is 1.51. The first-order valence-electron chi connectivity index (χ1n) is 7.94. The predicted molar refractivity (Wildman–Crippen MR) is 111 cm³/mol. The van der Waals surface area contributed by atoms with Crippen LogP contribution in [0.3, 0.4) is 0 Å². The second-order valence-corrected chi connectivity index (χ2v) is 6.57. The van der Waals surface area contributed by atoms with Crippen molar-refractivity contribution in [1.29, 1.82) is 0 Å². The first-order valence-corrected chi connectivity index (χ1v) is 8.70. The van der Waals surface area contributed by atoms with Gasteiger partial charge < -0.3 is 20.4 Å². The normalized spacial score (nSPS) is 11.5. The van der Waals surface area contributed by atoms with Crippen molar-refractivity contribution in [2.75, 3.05) is 0 Å². The van der Waals surface area contributed by atoms with Crippen LogP contribution in [0.1, 0.15) is 11.1 Å². The number of rotatable bonds is 4. The van der Waals surface area contributed by atoms with E-state index in [0.717, 1.165) is 0 Å². The molecular formula is C20H14Cl2N2O4. The molecule has 0 fully saturated rings. The Morgan fingerprint density at radius 1 is 0.607 bits per heavy atom. The molecular weight excluding hydrogens is 403 g/mol. The second kappa shape index (κ2) is 8.21. The molecule has 3 aromatic rings. The molecule has 0 unspecified atom stereocenters. The molecule has 0 aliphatic heterocycles. The molecule has 8 heteroatoms. The lowest BCUT2D eigenvalue weighted by atomic mass is 10.2. The van der Waals surface area contributed by atoms with Crippen LogP contribution in [0.4, 0.5) is 11.4 Å². The summed E-state index contributed by atoms with van der Waals surface area (Å²) in [5, 5.41) is 39.0. The molecule has 0 aromatic heterocycles. The van der Waals surface area contributed by atoms with Crippen LogP contribution in [0.15, 0.2) is 58.5 Å². The summed E-state index contributed by atoms with van der Waals surface area (Å²) in [6.45, 7) is 0. The number of nitrogens with zero attached hydrogens (tertiary/aromatic N) is 2. The number of phenols is 4. The van der Waals surface area contributed by atoms with Gasteiger partial charge in [0.05, 0.1) is 21.4 Å². The highest BCUT2D eigenvalue weighted by atomic mass is 35.5. The van der Waals surface area contributed by atoms with E-state index in [1.54, 1.807) is 0 Å². The van der Waals surface area contributed by atoms with Gasteiger partial charge in [-0.3, -0.25) is 9.98 Å². The minimum Gasteiger partial charge on any atom is -0.508 e. The summed E-state index contributed by atoms with van der Waals surface area (Å²) in [6.07, 6.45) is 2.79. The van der Waals surface area contributed by atoms with Crippen LogP contribution < -0.4 is 0 Å². The van der Waals surface area contributed by atoms with Crippen molar-refractivity contribution in [3.05, 3.63) is 69.7 Å². The third-order valence-electron chi connectivity index (χ3n) is 3.73. The molecule has 0 saturated heterocycles. The Labute approximate surface area is 170 Å².